The van der Waals surface area contributed by atoms with E-state index in [-0.39, 0.29) is 6.04 Å². The number of aromatic nitrogens is 4. The van der Waals surface area contributed by atoms with Crippen LogP contribution in [0, 0.1) is 0 Å². The van der Waals surface area contributed by atoms with Gasteiger partial charge in [-0.15, -0.1) is 0 Å². The van der Waals surface area contributed by atoms with Gasteiger partial charge in [-0.1, -0.05) is 0 Å². The molecule has 2 aromatic rings. The Hall–Kier alpha value is -1.75. The average molecular weight is 189 g/mol. The van der Waals surface area contributed by atoms with Crippen LogP contribution in [0.1, 0.15) is 11.7 Å². The lowest BCUT2D eigenvalue weighted by atomic mass is 10.2. The van der Waals surface area contributed by atoms with Crippen LogP contribution in [-0.2, 0) is 6.54 Å². The summed E-state index contributed by atoms with van der Waals surface area (Å²) in [7, 11) is 0. The lowest BCUT2D eigenvalue weighted by Crippen LogP contribution is -2.18. The van der Waals surface area contributed by atoms with Crippen molar-refractivity contribution in [2.75, 3.05) is 0 Å². The maximum atomic E-state index is 5.94. The van der Waals surface area contributed by atoms with Gasteiger partial charge in [0.25, 0.3) is 0 Å². The first-order valence-corrected chi connectivity index (χ1v) is 4.33. The summed E-state index contributed by atoms with van der Waals surface area (Å²) in [6, 6.07) is -0.141. The van der Waals surface area contributed by atoms with Crippen molar-refractivity contribution in [1.82, 2.24) is 19.5 Å². The number of hydrogen-bond donors (Lipinski definition) is 1. The Morgan fingerprint density at radius 2 is 2.21 bits per heavy atom. The second-order valence-electron chi connectivity index (χ2n) is 3.00. The molecule has 2 rings (SSSR count). The molecule has 0 spiro atoms. The highest BCUT2D eigenvalue weighted by atomic mass is 15.0. The minimum absolute atomic E-state index is 0.141. The summed E-state index contributed by atoms with van der Waals surface area (Å²) >= 11 is 0. The fraction of sp³-hybridized carbons (Fsp3) is 0.222. The highest BCUT2D eigenvalue weighted by molar-refractivity contribution is 5.01. The van der Waals surface area contributed by atoms with Gasteiger partial charge in [0.15, 0.2) is 0 Å². The summed E-state index contributed by atoms with van der Waals surface area (Å²) in [4.78, 5) is 12.0. The predicted molar refractivity (Wildman–Crippen MR) is 51.2 cm³/mol. The molecule has 0 aliphatic carbocycles. The Balaban J connectivity index is 2.07. The molecule has 0 fully saturated rings. The van der Waals surface area contributed by atoms with Gasteiger partial charge >= 0.3 is 0 Å². The van der Waals surface area contributed by atoms with Crippen LogP contribution in [0.25, 0.3) is 0 Å². The van der Waals surface area contributed by atoms with Gasteiger partial charge in [0.05, 0.1) is 24.3 Å². The van der Waals surface area contributed by atoms with Crippen LogP contribution in [0.2, 0.25) is 0 Å². The summed E-state index contributed by atoms with van der Waals surface area (Å²) in [6.45, 7) is 0.665. The molecule has 0 radical (unpaired) electrons. The second kappa shape index (κ2) is 3.97. The zero-order valence-electron chi connectivity index (χ0n) is 7.61. The van der Waals surface area contributed by atoms with Gasteiger partial charge < -0.3 is 10.3 Å². The molecule has 14 heavy (non-hydrogen) atoms. The Labute approximate surface area is 81.6 Å². The van der Waals surface area contributed by atoms with Gasteiger partial charge in [-0.05, 0) is 0 Å². The van der Waals surface area contributed by atoms with Crippen molar-refractivity contribution in [2.45, 2.75) is 12.6 Å². The zero-order valence-corrected chi connectivity index (χ0v) is 7.61. The number of imidazole rings is 1. The number of nitrogens with two attached hydrogens (primary N) is 1. The summed E-state index contributed by atoms with van der Waals surface area (Å²) in [6.07, 6.45) is 10.3. The Bertz CT molecular complexity index is 369. The molecule has 0 saturated heterocycles. The topological polar surface area (TPSA) is 69.6 Å². The first kappa shape index (κ1) is 8.83. The van der Waals surface area contributed by atoms with E-state index in [1.807, 2.05) is 10.8 Å². The molecule has 0 aliphatic heterocycles. The fourth-order valence-electron chi connectivity index (χ4n) is 1.22. The average Bonchev–Trinajstić information content (AvgIpc) is 2.72. The van der Waals surface area contributed by atoms with Gasteiger partial charge in [0.1, 0.15) is 0 Å². The number of nitrogens with zero attached hydrogens (tertiary/aromatic N) is 4. The monoisotopic (exact) mass is 189 g/mol. The summed E-state index contributed by atoms with van der Waals surface area (Å²) in [5, 5.41) is 0. The van der Waals surface area contributed by atoms with Crippen LogP contribution in [-0.4, -0.2) is 19.5 Å². The zero-order chi connectivity index (χ0) is 9.80. The Morgan fingerprint density at radius 3 is 2.86 bits per heavy atom. The predicted octanol–water partition coefficient (Wildman–Crippen LogP) is 0.373. The number of hydrogen-bond acceptors (Lipinski definition) is 4. The molecular formula is C9H11N5. The van der Waals surface area contributed by atoms with E-state index in [1.54, 1.807) is 31.1 Å². The van der Waals surface area contributed by atoms with Crippen molar-refractivity contribution in [3.05, 3.63) is 43.0 Å². The van der Waals surface area contributed by atoms with Gasteiger partial charge in [0.2, 0.25) is 0 Å². The van der Waals surface area contributed by atoms with Crippen molar-refractivity contribution in [2.24, 2.45) is 5.73 Å². The minimum Gasteiger partial charge on any atom is -0.336 e. The molecular weight excluding hydrogens is 178 g/mol. The van der Waals surface area contributed by atoms with Gasteiger partial charge in [-0.3, -0.25) is 9.97 Å². The quantitative estimate of drug-likeness (QED) is 0.757. The van der Waals surface area contributed by atoms with Gasteiger partial charge in [0, 0.05) is 31.3 Å². The first-order chi connectivity index (χ1) is 6.86. The van der Waals surface area contributed by atoms with Crippen LogP contribution < -0.4 is 5.73 Å². The van der Waals surface area contributed by atoms with E-state index in [4.69, 9.17) is 5.73 Å². The van der Waals surface area contributed by atoms with Crippen LogP contribution in [0.4, 0.5) is 0 Å². The molecule has 0 bridgehead atoms. The van der Waals surface area contributed by atoms with E-state index in [1.165, 1.54) is 0 Å². The van der Waals surface area contributed by atoms with E-state index in [0.29, 0.717) is 6.54 Å². The highest BCUT2D eigenvalue weighted by Crippen LogP contribution is 2.06. The maximum Gasteiger partial charge on any atom is 0.0946 e. The molecule has 1 unspecified atom stereocenters. The van der Waals surface area contributed by atoms with Crippen LogP contribution in [0.5, 0.6) is 0 Å². The standard InChI is InChI=1S/C9H11N5/c10-8(6-14-4-3-12-7-14)9-5-11-1-2-13-9/h1-5,7-8H,6,10H2. The molecule has 5 heteroatoms. The smallest absolute Gasteiger partial charge is 0.0946 e. The van der Waals surface area contributed by atoms with Crippen molar-refractivity contribution in [1.29, 1.82) is 0 Å². The number of rotatable bonds is 3. The Morgan fingerprint density at radius 1 is 1.29 bits per heavy atom. The lowest BCUT2D eigenvalue weighted by Gasteiger charge is -2.10. The molecule has 0 aliphatic rings. The first-order valence-electron chi connectivity index (χ1n) is 4.33. The molecule has 2 heterocycles. The van der Waals surface area contributed by atoms with Gasteiger partial charge in [-0.25, -0.2) is 4.98 Å². The minimum atomic E-state index is -0.141. The van der Waals surface area contributed by atoms with Crippen LogP contribution >= 0.6 is 0 Å². The molecule has 0 amide bonds. The molecule has 2 aromatic heterocycles. The van der Waals surface area contributed by atoms with Crippen molar-refractivity contribution in [3.63, 3.8) is 0 Å². The second-order valence-corrected chi connectivity index (χ2v) is 3.00. The molecule has 5 nitrogen and oxygen atoms in total. The van der Waals surface area contributed by atoms with E-state index >= 15 is 0 Å². The van der Waals surface area contributed by atoms with Crippen LogP contribution in [0.3, 0.4) is 0 Å². The van der Waals surface area contributed by atoms with E-state index in [0.717, 1.165) is 5.69 Å². The lowest BCUT2D eigenvalue weighted by molar-refractivity contribution is 0.562. The normalized spacial score (nSPS) is 12.6. The third kappa shape index (κ3) is 1.94. The molecule has 2 N–H and O–H groups in total. The largest absolute Gasteiger partial charge is 0.336 e. The molecule has 1 atom stereocenters. The van der Waals surface area contributed by atoms with Gasteiger partial charge in [-0.2, -0.15) is 0 Å². The van der Waals surface area contributed by atoms with Crippen molar-refractivity contribution < 1.29 is 0 Å². The third-order valence-corrected chi connectivity index (χ3v) is 1.93. The molecule has 72 valence electrons. The van der Waals surface area contributed by atoms with E-state index in [9.17, 15) is 0 Å². The summed E-state index contributed by atoms with van der Waals surface area (Å²) in [5.74, 6) is 0. The summed E-state index contributed by atoms with van der Waals surface area (Å²) in [5.41, 5.74) is 6.73. The van der Waals surface area contributed by atoms with E-state index in [2.05, 4.69) is 15.0 Å². The fourth-order valence-corrected chi connectivity index (χ4v) is 1.22. The molecule has 0 saturated carbocycles. The highest BCUT2D eigenvalue weighted by Gasteiger charge is 2.07. The van der Waals surface area contributed by atoms with Crippen LogP contribution in [0.15, 0.2) is 37.3 Å². The van der Waals surface area contributed by atoms with Crippen molar-refractivity contribution >= 4 is 0 Å². The maximum absolute atomic E-state index is 5.94. The molecule has 0 aromatic carbocycles. The summed E-state index contributed by atoms with van der Waals surface area (Å²) < 4.78 is 1.92. The Kier molecular flexibility index (Phi) is 2.51. The van der Waals surface area contributed by atoms with Crippen molar-refractivity contribution in [3.8, 4) is 0 Å². The van der Waals surface area contributed by atoms with E-state index < -0.39 is 0 Å². The SMILES string of the molecule is NC(Cn1ccnc1)c1cnccn1. The third-order valence-electron chi connectivity index (χ3n) is 1.93.